The summed E-state index contributed by atoms with van der Waals surface area (Å²) in [4.78, 5) is 30.3. The SMILES string of the molecule is CC(=O)Nc1ccc(S(=O)(=O)N2CCN(C(=O)c3cc(Cl)nc4ccccc34)CC2)cc1. The molecule has 0 saturated carbocycles. The van der Waals surface area contributed by atoms with Gasteiger partial charge in [0.05, 0.1) is 16.0 Å². The molecule has 2 amide bonds. The van der Waals surface area contributed by atoms with Crippen molar-refractivity contribution < 1.29 is 18.0 Å². The number of anilines is 1. The van der Waals surface area contributed by atoms with Crippen molar-refractivity contribution in [1.29, 1.82) is 0 Å². The van der Waals surface area contributed by atoms with Gasteiger partial charge in [0.15, 0.2) is 0 Å². The molecular weight excluding hydrogens is 452 g/mol. The minimum absolute atomic E-state index is 0.137. The predicted molar refractivity (Wildman–Crippen MR) is 122 cm³/mol. The maximum atomic E-state index is 13.2. The van der Waals surface area contributed by atoms with Gasteiger partial charge < -0.3 is 10.2 Å². The van der Waals surface area contributed by atoms with Gasteiger partial charge in [-0.05, 0) is 36.4 Å². The molecule has 32 heavy (non-hydrogen) atoms. The zero-order chi connectivity index (χ0) is 22.9. The number of amides is 2. The van der Waals surface area contributed by atoms with E-state index >= 15 is 0 Å². The van der Waals surface area contributed by atoms with Crippen molar-refractivity contribution >= 4 is 50.0 Å². The van der Waals surface area contributed by atoms with Gasteiger partial charge in [-0.15, -0.1) is 0 Å². The number of carbonyl (C=O) groups is 2. The van der Waals surface area contributed by atoms with Gasteiger partial charge in [0.1, 0.15) is 5.15 Å². The van der Waals surface area contributed by atoms with Crippen LogP contribution in [0.5, 0.6) is 0 Å². The van der Waals surface area contributed by atoms with Crippen LogP contribution in [0.2, 0.25) is 5.15 Å². The fourth-order valence-corrected chi connectivity index (χ4v) is 5.31. The molecule has 0 spiro atoms. The monoisotopic (exact) mass is 472 g/mol. The highest BCUT2D eigenvalue weighted by atomic mass is 35.5. The van der Waals surface area contributed by atoms with Gasteiger partial charge in [-0.1, -0.05) is 29.8 Å². The third kappa shape index (κ3) is 4.45. The van der Waals surface area contributed by atoms with Gasteiger partial charge >= 0.3 is 0 Å². The molecule has 0 aliphatic carbocycles. The van der Waals surface area contributed by atoms with Gasteiger partial charge in [-0.2, -0.15) is 4.31 Å². The van der Waals surface area contributed by atoms with Crippen LogP contribution in [0.4, 0.5) is 5.69 Å². The Hall–Kier alpha value is -3.01. The largest absolute Gasteiger partial charge is 0.336 e. The number of rotatable bonds is 4. The summed E-state index contributed by atoms with van der Waals surface area (Å²) in [6.45, 7) is 2.26. The molecule has 4 rings (SSSR count). The summed E-state index contributed by atoms with van der Waals surface area (Å²) in [5.74, 6) is -0.438. The zero-order valence-corrected chi connectivity index (χ0v) is 18.9. The molecule has 1 N–H and O–H groups in total. The van der Waals surface area contributed by atoms with E-state index in [0.29, 0.717) is 22.2 Å². The Morgan fingerprint density at radius 3 is 2.31 bits per heavy atom. The Morgan fingerprint density at radius 1 is 1.00 bits per heavy atom. The second-order valence-corrected chi connectivity index (χ2v) is 9.74. The Morgan fingerprint density at radius 2 is 1.66 bits per heavy atom. The van der Waals surface area contributed by atoms with E-state index in [2.05, 4.69) is 10.3 Å². The Balaban J connectivity index is 1.48. The van der Waals surface area contributed by atoms with Gasteiger partial charge in [0, 0.05) is 44.2 Å². The number of hydrogen-bond acceptors (Lipinski definition) is 5. The molecule has 2 heterocycles. The number of nitrogens with zero attached hydrogens (tertiary/aromatic N) is 3. The van der Waals surface area contributed by atoms with Crippen molar-refractivity contribution in [2.75, 3.05) is 31.5 Å². The highest BCUT2D eigenvalue weighted by Gasteiger charge is 2.31. The second-order valence-electron chi connectivity index (χ2n) is 7.41. The number of benzene rings is 2. The van der Waals surface area contributed by atoms with Crippen LogP contribution in [0, 0.1) is 0 Å². The smallest absolute Gasteiger partial charge is 0.254 e. The molecular formula is C22H21ClN4O4S. The molecule has 1 aliphatic rings. The number of sulfonamides is 1. The first-order valence-electron chi connectivity index (χ1n) is 9.98. The zero-order valence-electron chi connectivity index (χ0n) is 17.3. The van der Waals surface area contributed by atoms with Crippen LogP contribution in [0.3, 0.4) is 0 Å². The van der Waals surface area contributed by atoms with E-state index in [1.54, 1.807) is 29.2 Å². The maximum Gasteiger partial charge on any atom is 0.254 e. The molecule has 10 heteroatoms. The van der Waals surface area contributed by atoms with Crippen LogP contribution in [0.15, 0.2) is 59.5 Å². The lowest BCUT2D eigenvalue weighted by molar-refractivity contribution is -0.114. The quantitative estimate of drug-likeness (QED) is 0.588. The standard InChI is InChI=1S/C22H21ClN4O4S/c1-15(28)24-16-6-8-17(9-7-16)32(30,31)27-12-10-26(11-13-27)22(29)19-14-21(23)25-20-5-3-2-4-18(19)20/h2-9,14H,10-13H2,1H3,(H,24,28). The highest BCUT2D eigenvalue weighted by molar-refractivity contribution is 7.89. The van der Waals surface area contributed by atoms with Crippen molar-refractivity contribution in [3.8, 4) is 0 Å². The molecule has 1 saturated heterocycles. The molecule has 1 fully saturated rings. The number of fused-ring (bicyclic) bond motifs is 1. The Kier molecular flexibility index (Phi) is 6.14. The molecule has 1 aliphatic heterocycles. The third-order valence-electron chi connectivity index (χ3n) is 5.25. The average molecular weight is 473 g/mol. The molecule has 3 aromatic rings. The van der Waals surface area contributed by atoms with E-state index in [0.717, 1.165) is 0 Å². The van der Waals surface area contributed by atoms with Crippen molar-refractivity contribution in [1.82, 2.24) is 14.2 Å². The number of halogens is 1. The lowest BCUT2D eigenvalue weighted by Crippen LogP contribution is -2.50. The number of carbonyl (C=O) groups excluding carboxylic acids is 2. The molecule has 8 nitrogen and oxygen atoms in total. The molecule has 0 bridgehead atoms. The van der Waals surface area contributed by atoms with E-state index in [4.69, 9.17) is 11.6 Å². The summed E-state index contributed by atoms with van der Waals surface area (Å²) in [5, 5.41) is 3.55. The van der Waals surface area contributed by atoms with Crippen LogP contribution >= 0.6 is 11.6 Å². The second kappa shape index (κ2) is 8.85. The Labute approximate surface area is 190 Å². The number of nitrogens with one attached hydrogen (secondary N) is 1. The molecule has 0 atom stereocenters. The third-order valence-corrected chi connectivity index (χ3v) is 7.36. The minimum Gasteiger partial charge on any atom is -0.336 e. The highest BCUT2D eigenvalue weighted by Crippen LogP contribution is 2.24. The summed E-state index contributed by atoms with van der Waals surface area (Å²) in [6.07, 6.45) is 0. The fourth-order valence-electron chi connectivity index (χ4n) is 3.68. The molecule has 0 radical (unpaired) electrons. The van der Waals surface area contributed by atoms with E-state index in [1.165, 1.54) is 23.4 Å². The van der Waals surface area contributed by atoms with E-state index in [1.807, 2.05) is 18.2 Å². The van der Waals surface area contributed by atoms with Crippen LogP contribution < -0.4 is 5.32 Å². The van der Waals surface area contributed by atoms with Gasteiger partial charge in [-0.25, -0.2) is 13.4 Å². The fraction of sp³-hybridized carbons (Fsp3) is 0.227. The summed E-state index contributed by atoms with van der Waals surface area (Å²) in [7, 11) is -3.71. The van der Waals surface area contributed by atoms with Gasteiger partial charge in [0.25, 0.3) is 5.91 Å². The first kappa shape index (κ1) is 22.2. The molecule has 1 aromatic heterocycles. The van der Waals surface area contributed by atoms with Crippen LogP contribution in [-0.4, -0.2) is 60.6 Å². The first-order valence-corrected chi connectivity index (χ1v) is 11.8. The van der Waals surface area contributed by atoms with Gasteiger partial charge in [-0.3, -0.25) is 9.59 Å². The van der Waals surface area contributed by atoms with Gasteiger partial charge in [0.2, 0.25) is 15.9 Å². The normalized spacial score (nSPS) is 15.0. The molecule has 0 unspecified atom stereocenters. The average Bonchev–Trinajstić information content (AvgIpc) is 2.78. The minimum atomic E-state index is -3.71. The summed E-state index contributed by atoms with van der Waals surface area (Å²) < 4.78 is 27.4. The maximum absolute atomic E-state index is 13.2. The summed E-state index contributed by atoms with van der Waals surface area (Å²) in [6, 6.07) is 14.8. The Bertz CT molecular complexity index is 1290. The number of para-hydroxylation sites is 1. The predicted octanol–water partition coefficient (Wildman–Crippen LogP) is 2.99. The number of piperazine rings is 1. The topological polar surface area (TPSA) is 99.7 Å². The lowest BCUT2D eigenvalue weighted by atomic mass is 10.1. The van der Waals surface area contributed by atoms with Crippen molar-refractivity contribution in [3.05, 3.63) is 65.3 Å². The molecule has 166 valence electrons. The van der Waals surface area contributed by atoms with Crippen molar-refractivity contribution in [2.24, 2.45) is 0 Å². The molecule has 2 aromatic carbocycles. The van der Waals surface area contributed by atoms with Crippen LogP contribution in [0.1, 0.15) is 17.3 Å². The first-order chi connectivity index (χ1) is 15.3. The van der Waals surface area contributed by atoms with E-state index in [-0.39, 0.29) is 48.0 Å². The van der Waals surface area contributed by atoms with Crippen molar-refractivity contribution in [2.45, 2.75) is 11.8 Å². The number of pyridine rings is 1. The van der Waals surface area contributed by atoms with Crippen LogP contribution in [-0.2, 0) is 14.8 Å². The van der Waals surface area contributed by atoms with Crippen LogP contribution in [0.25, 0.3) is 10.9 Å². The summed E-state index contributed by atoms with van der Waals surface area (Å²) >= 11 is 6.10. The summed E-state index contributed by atoms with van der Waals surface area (Å²) in [5.41, 5.74) is 1.60. The lowest BCUT2D eigenvalue weighted by Gasteiger charge is -2.34. The number of aromatic nitrogens is 1. The van der Waals surface area contributed by atoms with E-state index in [9.17, 15) is 18.0 Å². The van der Waals surface area contributed by atoms with Crippen molar-refractivity contribution in [3.63, 3.8) is 0 Å². The number of hydrogen-bond donors (Lipinski definition) is 1. The van der Waals surface area contributed by atoms with E-state index < -0.39 is 10.0 Å².